The second-order valence-corrected chi connectivity index (χ2v) is 11.6. The summed E-state index contributed by atoms with van der Waals surface area (Å²) in [6, 6.07) is 34.3. The van der Waals surface area contributed by atoms with Crippen molar-refractivity contribution in [3.63, 3.8) is 0 Å². The van der Waals surface area contributed by atoms with Gasteiger partial charge < -0.3 is 4.90 Å². The van der Waals surface area contributed by atoms with Crippen molar-refractivity contribution in [1.82, 2.24) is 0 Å². The fourth-order valence-electron chi connectivity index (χ4n) is 6.62. The second kappa shape index (κ2) is 12.2. The molecule has 0 aromatic heterocycles. The van der Waals surface area contributed by atoms with Gasteiger partial charge in [0.15, 0.2) is 0 Å². The minimum atomic E-state index is 0.126. The molecule has 0 aliphatic heterocycles. The summed E-state index contributed by atoms with van der Waals surface area (Å²) in [6.07, 6.45) is 11.6. The molecule has 1 aliphatic rings. The molecule has 1 unspecified atom stereocenters. The maximum Gasteiger partial charge on any atom is 0.0411 e. The molecule has 39 heavy (non-hydrogen) atoms. The van der Waals surface area contributed by atoms with Gasteiger partial charge in [0, 0.05) is 23.8 Å². The molecule has 1 heteroatoms. The van der Waals surface area contributed by atoms with E-state index in [2.05, 4.69) is 124 Å². The fraction of sp³-hybridized carbons (Fsp3) is 0.368. The van der Waals surface area contributed by atoms with Gasteiger partial charge in [0.25, 0.3) is 0 Å². The average Bonchev–Trinajstić information content (AvgIpc) is 3.25. The maximum absolute atomic E-state index is 2.52. The highest BCUT2D eigenvalue weighted by molar-refractivity contribution is 5.83. The molecule has 0 saturated carbocycles. The summed E-state index contributed by atoms with van der Waals surface area (Å²) in [6.45, 7) is 6.77. The van der Waals surface area contributed by atoms with E-state index in [1.165, 1.54) is 97.0 Å². The highest BCUT2D eigenvalue weighted by Gasteiger charge is 2.42. The van der Waals surface area contributed by atoms with E-state index in [9.17, 15) is 0 Å². The summed E-state index contributed by atoms with van der Waals surface area (Å²) in [7, 11) is 2.21. The lowest BCUT2D eigenvalue weighted by Gasteiger charge is -2.33. The Bertz CT molecular complexity index is 1370. The standard InChI is InChI=1S/C38H45N/c1-5-7-9-13-27-38(26-12-8-6-2)36-15-11-10-14-34(36)35-25-24-33(28-37(35)38)39(4)32-22-20-31(21-23-32)30-18-16-29(3)17-19-30/h10-11,14-25,28H,5-9,12-13,26-27H2,1-4H3. The first-order valence-electron chi connectivity index (χ1n) is 15.2. The quantitative estimate of drug-likeness (QED) is 0.170. The first-order chi connectivity index (χ1) is 19.1. The lowest BCUT2D eigenvalue weighted by atomic mass is 9.70. The molecule has 4 aromatic rings. The summed E-state index contributed by atoms with van der Waals surface area (Å²) in [5, 5.41) is 0. The molecule has 1 aliphatic carbocycles. The minimum Gasteiger partial charge on any atom is -0.345 e. The van der Waals surface area contributed by atoms with Crippen molar-refractivity contribution in [2.75, 3.05) is 11.9 Å². The number of benzene rings is 4. The Morgan fingerprint density at radius 2 is 1.13 bits per heavy atom. The first-order valence-corrected chi connectivity index (χ1v) is 15.2. The fourth-order valence-corrected chi connectivity index (χ4v) is 6.62. The SMILES string of the molecule is CCCCCCC1(CCCCC)c2ccccc2-c2ccc(N(C)c3ccc(-c4ccc(C)cc4)cc3)cc21. The third-order valence-electron chi connectivity index (χ3n) is 8.94. The first kappa shape index (κ1) is 27.3. The van der Waals surface area contributed by atoms with Crippen LogP contribution in [0.2, 0.25) is 0 Å². The number of nitrogens with zero attached hydrogens (tertiary/aromatic N) is 1. The van der Waals surface area contributed by atoms with Gasteiger partial charge in [-0.3, -0.25) is 0 Å². The predicted molar refractivity (Wildman–Crippen MR) is 170 cm³/mol. The topological polar surface area (TPSA) is 3.24 Å². The molecule has 4 aromatic carbocycles. The highest BCUT2D eigenvalue weighted by Crippen LogP contribution is 2.55. The third kappa shape index (κ3) is 5.55. The van der Waals surface area contributed by atoms with E-state index in [1.54, 1.807) is 11.1 Å². The van der Waals surface area contributed by atoms with Gasteiger partial charge in [0.2, 0.25) is 0 Å². The van der Waals surface area contributed by atoms with Gasteiger partial charge in [-0.05, 0) is 77.4 Å². The van der Waals surface area contributed by atoms with Crippen molar-refractivity contribution in [1.29, 1.82) is 0 Å². The zero-order valence-corrected chi connectivity index (χ0v) is 24.5. The molecule has 202 valence electrons. The second-order valence-electron chi connectivity index (χ2n) is 11.6. The maximum atomic E-state index is 2.52. The van der Waals surface area contributed by atoms with Crippen molar-refractivity contribution in [2.45, 2.75) is 84.0 Å². The summed E-state index contributed by atoms with van der Waals surface area (Å²) < 4.78 is 0. The van der Waals surface area contributed by atoms with E-state index in [4.69, 9.17) is 0 Å². The summed E-state index contributed by atoms with van der Waals surface area (Å²) >= 11 is 0. The van der Waals surface area contributed by atoms with Crippen molar-refractivity contribution in [3.8, 4) is 22.3 Å². The molecule has 5 rings (SSSR count). The number of hydrogen-bond acceptors (Lipinski definition) is 1. The van der Waals surface area contributed by atoms with Gasteiger partial charge in [-0.1, -0.05) is 131 Å². The number of fused-ring (bicyclic) bond motifs is 3. The lowest BCUT2D eigenvalue weighted by molar-refractivity contribution is 0.403. The van der Waals surface area contributed by atoms with Crippen LogP contribution in [0.3, 0.4) is 0 Å². The number of hydrogen-bond donors (Lipinski definition) is 0. The van der Waals surface area contributed by atoms with Gasteiger partial charge in [-0.25, -0.2) is 0 Å². The van der Waals surface area contributed by atoms with Crippen LogP contribution in [0.1, 0.15) is 88.3 Å². The van der Waals surface area contributed by atoms with Gasteiger partial charge in [-0.2, -0.15) is 0 Å². The van der Waals surface area contributed by atoms with Crippen LogP contribution < -0.4 is 4.90 Å². The molecule has 1 nitrogen and oxygen atoms in total. The number of anilines is 2. The van der Waals surface area contributed by atoms with E-state index in [0.717, 1.165) is 0 Å². The largest absolute Gasteiger partial charge is 0.345 e. The average molecular weight is 516 g/mol. The van der Waals surface area contributed by atoms with Gasteiger partial charge in [-0.15, -0.1) is 0 Å². The zero-order valence-electron chi connectivity index (χ0n) is 24.5. The van der Waals surface area contributed by atoms with Crippen LogP contribution in [-0.2, 0) is 5.41 Å². The monoisotopic (exact) mass is 515 g/mol. The molecular weight excluding hydrogens is 470 g/mol. The molecule has 0 heterocycles. The van der Waals surface area contributed by atoms with Crippen molar-refractivity contribution >= 4 is 11.4 Å². The van der Waals surface area contributed by atoms with E-state index in [1.807, 2.05) is 0 Å². The van der Waals surface area contributed by atoms with E-state index < -0.39 is 0 Å². The number of unbranched alkanes of at least 4 members (excludes halogenated alkanes) is 5. The summed E-state index contributed by atoms with van der Waals surface area (Å²) in [4.78, 5) is 2.36. The minimum absolute atomic E-state index is 0.126. The molecule has 0 fully saturated rings. The molecule has 1 atom stereocenters. The Hall–Kier alpha value is -3.32. The van der Waals surface area contributed by atoms with Crippen molar-refractivity contribution in [3.05, 3.63) is 108 Å². The van der Waals surface area contributed by atoms with E-state index in [-0.39, 0.29) is 5.41 Å². The Morgan fingerprint density at radius 1 is 0.564 bits per heavy atom. The lowest BCUT2D eigenvalue weighted by Crippen LogP contribution is -2.26. The summed E-state index contributed by atoms with van der Waals surface area (Å²) in [5.41, 5.74) is 12.5. The van der Waals surface area contributed by atoms with Gasteiger partial charge in [0.1, 0.15) is 0 Å². The van der Waals surface area contributed by atoms with Crippen LogP contribution in [0.15, 0.2) is 91.0 Å². The van der Waals surface area contributed by atoms with Crippen molar-refractivity contribution < 1.29 is 0 Å². The number of rotatable bonds is 12. The van der Waals surface area contributed by atoms with E-state index >= 15 is 0 Å². The zero-order chi connectivity index (χ0) is 27.2. The third-order valence-corrected chi connectivity index (χ3v) is 8.94. The smallest absolute Gasteiger partial charge is 0.0411 e. The van der Waals surface area contributed by atoms with Crippen LogP contribution in [-0.4, -0.2) is 7.05 Å². The molecule has 0 amide bonds. The van der Waals surface area contributed by atoms with Gasteiger partial charge in [0.05, 0.1) is 0 Å². The van der Waals surface area contributed by atoms with E-state index in [0.29, 0.717) is 0 Å². The molecule has 0 bridgehead atoms. The Kier molecular flexibility index (Phi) is 8.56. The van der Waals surface area contributed by atoms with Crippen molar-refractivity contribution in [2.24, 2.45) is 0 Å². The molecule has 0 radical (unpaired) electrons. The molecule has 0 saturated heterocycles. The highest BCUT2D eigenvalue weighted by atomic mass is 15.1. The van der Waals surface area contributed by atoms with Crippen LogP contribution in [0, 0.1) is 6.92 Å². The predicted octanol–water partition coefficient (Wildman–Crippen LogP) is 11.2. The molecule has 0 spiro atoms. The molecular formula is C38H45N. The Labute approximate surface area is 236 Å². The van der Waals surface area contributed by atoms with Crippen LogP contribution >= 0.6 is 0 Å². The Morgan fingerprint density at radius 3 is 1.82 bits per heavy atom. The van der Waals surface area contributed by atoms with Gasteiger partial charge >= 0.3 is 0 Å². The number of aryl methyl sites for hydroxylation is 1. The van der Waals surface area contributed by atoms with Crippen LogP contribution in [0.25, 0.3) is 22.3 Å². The molecule has 0 N–H and O–H groups in total. The summed E-state index contributed by atoms with van der Waals surface area (Å²) in [5.74, 6) is 0. The van der Waals surface area contributed by atoms with Crippen LogP contribution in [0.5, 0.6) is 0 Å². The normalized spacial score (nSPS) is 15.7. The Balaban J connectivity index is 1.49. The van der Waals surface area contributed by atoms with Crippen LogP contribution in [0.4, 0.5) is 11.4 Å².